The Labute approximate surface area is 167 Å². The quantitative estimate of drug-likeness (QED) is 0.543. The van der Waals surface area contributed by atoms with Gasteiger partial charge in [-0.1, -0.05) is 45.4 Å². The Bertz CT molecular complexity index is 739. The summed E-state index contributed by atoms with van der Waals surface area (Å²) in [6.45, 7) is 2.82. The van der Waals surface area contributed by atoms with Crippen molar-refractivity contribution in [1.82, 2.24) is 5.43 Å². The molecule has 0 atom stereocenters. The molecule has 1 fully saturated rings. The lowest BCUT2D eigenvalue weighted by molar-refractivity contribution is -0.125. The summed E-state index contributed by atoms with van der Waals surface area (Å²) in [6.07, 6.45) is 9.51. The number of carbonyl (C=O) groups is 2. The normalized spacial score (nSPS) is 18.4. The van der Waals surface area contributed by atoms with Gasteiger partial charge in [-0.3, -0.25) is 9.59 Å². The van der Waals surface area contributed by atoms with Crippen molar-refractivity contribution in [2.75, 3.05) is 18.6 Å². The number of fused-ring (bicyclic) bond motifs is 1. The van der Waals surface area contributed by atoms with E-state index in [1.54, 1.807) is 12.0 Å². The van der Waals surface area contributed by atoms with Gasteiger partial charge >= 0.3 is 0 Å². The van der Waals surface area contributed by atoms with Crippen LogP contribution >= 0.6 is 0 Å². The van der Waals surface area contributed by atoms with E-state index in [0.717, 1.165) is 62.6 Å². The monoisotopic (exact) mass is 385 g/mol. The maximum atomic E-state index is 13.0. The largest absolute Gasteiger partial charge is 0.497 e. The fraction of sp³-hybridized carbons (Fsp3) is 0.591. The zero-order valence-corrected chi connectivity index (χ0v) is 17.0. The average molecular weight is 386 g/mol. The summed E-state index contributed by atoms with van der Waals surface area (Å²) in [5.41, 5.74) is 4.54. The molecule has 0 bridgehead atoms. The Balaban J connectivity index is 1.77. The number of carbonyl (C=O) groups excluding carboxylic acids is 2. The van der Waals surface area contributed by atoms with E-state index in [1.807, 2.05) is 18.2 Å². The van der Waals surface area contributed by atoms with Crippen molar-refractivity contribution in [3.63, 3.8) is 0 Å². The fourth-order valence-corrected chi connectivity index (χ4v) is 4.01. The molecule has 0 unspecified atom stereocenters. The molecule has 1 N–H and O–H groups in total. The first-order valence-electron chi connectivity index (χ1n) is 10.5. The van der Waals surface area contributed by atoms with Gasteiger partial charge in [-0.25, -0.2) is 5.43 Å². The summed E-state index contributed by atoms with van der Waals surface area (Å²) >= 11 is 0. The van der Waals surface area contributed by atoms with Crippen molar-refractivity contribution < 1.29 is 14.3 Å². The van der Waals surface area contributed by atoms with E-state index >= 15 is 0 Å². The molecule has 2 amide bonds. The van der Waals surface area contributed by atoms with Crippen molar-refractivity contribution in [2.24, 2.45) is 11.0 Å². The molecule has 6 nitrogen and oxygen atoms in total. The Morgan fingerprint density at radius 3 is 2.71 bits per heavy atom. The molecule has 0 spiro atoms. The molecule has 1 aromatic carbocycles. The molecule has 1 aliphatic carbocycles. The predicted molar refractivity (Wildman–Crippen MR) is 111 cm³/mol. The number of amides is 2. The van der Waals surface area contributed by atoms with Crippen LogP contribution in [0.25, 0.3) is 0 Å². The third-order valence-corrected chi connectivity index (χ3v) is 5.69. The van der Waals surface area contributed by atoms with E-state index in [4.69, 9.17) is 4.74 Å². The minimum atomic E-state index is -0.149. The molecule has 3 rings (SSSR count). The van der Waals surface area contributed by atoms with Gasteiger partial charge in [-0.05, 0) is 31.4 Å². The highest BCUT2D eigenvalue weighted by Gasteiger charge is 2.34. The summed E-state index contributed by atoms with van der Waals surface area (Å²) < 4.78 is 5.33. The second-order valence-corrected chi connectivity index (χ2v) is 7.67. The first-order chi connectivity index (χ1) is 13.7. The highest BCUT2D eigenvalue weighted by atomic mass is 16.5. The van der Waals surface area contributed by atoms with Crippen LogP contribution in [-0.4, -0.2) is 31.2 Å². The topological polar surface area (TPSA) is 71.0 Å². The van der Waals surface area contributed by atoms with Gasteiger partial charge in [0.05, 0.1) is 12.8 Å². The average Bonchev–Trinajstić information content (AvgIpc) is 3.00. The third kappa shape index (κ3) is 4.54. The van der Waals surface area contributed by atoms with Crippen LogP contribution in [0.2, 0.25) is 0 Å². The van der Waals surface area contributed by atoms with Crippen LogP contribution < -0.4 is 15.1 Å². The van der Waals surface area contributed by atoms with Gasteiger partial charge in [0.1, 0.15) is 5.75 Å². The van der Waals surface area contributed by atoms with Crippen LogP contribution in [0.3, 0.4) is 0 Å². The van der Waals surface area contributed by atoms with Gasteiger partial charge in [0.25, 0.3) is 5.91 Å². The molecule has 1 aromatic rings. The number of hydrazone groups is 1. The molecular weight excluding hydrogens is 354 g/mol. The number of nitrogens with one attached hydrogen (secondary N) is 1. The number of ether oxygens (including phenoxy) is 1. The fourth-order valence-electron chi connectivity index (χ4n) is 4.01. The van der Waals surface area contributed by atoms with Gasteiger partial charge in [0, 0.05) is 24.1 Å². The van der Waals surface area contributed by atoms with Gasteiger partial charge in [0.2, 0.25) is 5.91 Å². The Morgan fingerprint density at radius 1 is 1.21 bits per heavy atom. The number of rotatable bonds is 8. The Hall–Kier alpha value is -2.37. The second-order valence-electron chi connectivity index (χ2n) is 7.67. The van der Waals surface area contributed by atoms with Crippen LogP contribution in [0.5, 0.6) is 5.75 Å². The maximum Gasteiger partial charge on any atom is 0.279 e. The van der Waals surface area contributed by atoms with E-state index in [0.29, 0.717) is 18.0 Å². The van der Waals surface area contributed by atoms with Gasteiger partial charge in [-0.15, -0.1) is 0 Å². The summed E-state index contributed by atoms with van der Waals surface area (Å²) in [5, 5.41) is 4.26. The molecule has 1 heterocycles. The summed E-state index contributed by atoms with van der Waals surface area (Å²) in [7, 11) is 1.61. The predicted octanol–water partition coefficient (Wildman–Crippen LogP) is 4.02. The first-order valence-corrected chi connectivity index (χ1v) is 10.5. The van der Waals surface area contributed by atoms with Crippen LogP contribution in [0.4, 0.5) is 5.69 Å². The molecular formula is C22H31N3O3. The van der Waals surface area contributed by atoms with Crippen LogP contribution in [0, 0.1) is 5.92 Å². The summed E-state index contributed by atoms with van der Waals surface area (Å²) in [5.74, 6) is 0.493. The van der Waals surface area contributed by atoms with Gasteiger partial charge < -0.3 is 9.64 Å². The number of benzene rings is 1. The van der Waals surface area contributed by atoms with Crippen LogP contribution in [-0.2, 0) is 9.59 Å². The third-order valence-electron chi connectivity index (χ3n) is 5.69. The van der Waals surface area contributed by atoms with E-state index in [9.17, 15) is 9.59 Å². The number of hydrogen-bond acceptors (Lipinski definition) is 4. The van der Waals surface area contributed by atoms with Crippen molar-refractivity contribution in [2.45, 2.75) is 64.7 Å². The number of hydrogen-bond donors (Lipinski definition) is 1. The van der Waals surface area contributed by atoms with E-state index < -0.39 is 0 Å². The highest BCUT2D eigenvalue weighted by molar-refractivity contribution is 6.54. The molecule has 2 aliphatic rings. The highest BCUT2D eigenvalue weighted by Crippen LogP contribution is 2.33. The number of anilines is 1. The van der Waals surface area contributed by atoms with E-state index in [-0.39, 0.29) is 17.7 Å². The van der Waals surface area contributed by atoms with Gasteiger partial charge in [-0.2, -0.15) is 5.10 Å². The number of nitrogens with zero attached hydrogens (tertiary/aromatic N) is 2. The van der Waals surface area contributed by atoms with Gasteiger partial charge in [0.15, 0.2) is 5.71 Å². The molecule has 6 heteroatoms. The molecule has 0 aromatic heterocycles. The van der Waals surface area contributed by atoms with Crippen molar-refractivity contribution in [3.8, 4) is 5.75 Å². The Kier molecular flexibility index (Phi) is 7.06. The lowest BCUT2D eigenvalue weighted by atomic mass is 9.89. The van der Waals surface area contributed by atoms with Crippen LogP contribution in [0.15, 0.2) is 23.3 Å². The lowest BCUT2D eigenvalue weighted by Crippen LogP contribution is -2.34. The molecule has 152 valence electrons. The minimum absolute atomic E-state index is 0.00934. The van der Waals surface area contributed by atoms with E-state index in [2.05, 4.69) is 17.5 Å². The lowest BCUT2D eigenvalue weighted by Gasteiger charge is -2.19. The number of methoxy groups -OCH3 is 1. The molecule has 1 aliphatic heterocycles. The maximum absolute atomic E-state index is 13.0. The van der Waals surface area contributed by atoms with Crippen molar-refractivity contribution in [1.29, 1.82) is 0 Å². The van der Waals surface area contributed by atoms with Crippen molar-refractivity contribution >= 4 is 23.2 Å². The van der Waals surface area contributed by atoms with E-state index in [1.165, 1.54) is 6.42 Å². The minimum Gasteiger partial charge on any atom is -0.497 e. The van der Waals surface area contributed by atoms with Crippen molar-refractivity contribution in [3.05, 3.63) is 23.8 Å². The zero-order valence-electron chi connectivity index (χ0n) is 17.0. The SMILES string of the molecule is CCCCCCN1C(=O)/C(=N\NC(=O)C2CCCCC2)c2ccc(OC)cc21. The number of unbranched alkanes of at least 4 members (excludes halogenated alkanes) is 3. The molecule has 28 heavy (non-hydrogen) atoms. The molecule has 0 radical (unpaired) electrons. The molecule has 0 saturated heterocycles. The van der Waals surface area contributed by atoms with Crippen LogP contribution in [0.1, 0.15) is 70.3 Å². The first kappa shape index (κ1) is 20.4. The Morgan fingerprint density at radius 2 is 2.00 bits per heavy atom. The summed E-state index contributed by atoms with van der Waals surface area (Å²) in [6, 6.07) is 5.55. The second kappa shape index (κ2) is 9.71. The standard InChI is InChI=1S/C22H31N3O3/c1-3-4-5-9-14-25-19-15-17(28-2)12-13-18(19)20(22(25)27)23-24-21(26)16-10-7-6-8-11-16/h12-13,15-16H,3-11,14H2,1-2H3,(H,24,26)/b23-20-. The zero-order chi connectivity index (χ0) is 19.9. The molecule has 1 saturated carbocycles. The summed E-state index contributed by atoms with van der Waals surface area (Å²) in [4.78, 5) is 27.2. The smallest absolute Gasteiger partial charge is 0.279 e.